The highest BCUT2D eigenvalue weighted by Gasteiger charge is 2.22. The molecule has 1 aromatic rings. The lowest BCUT2D eigenvalue weighted by Gasteiger charge is -2.35. The molecule has 0 saturated carbocycles. The molecule has 1 aliphatic rings. The number of ether oxygens (including phenoxy) is 1. The first kappa shape index (κ1) is 20.6. The standard InChI is InChI=1S/C21H36N4O/c1-5-13-26-19-10-8-18(9-11-19)24-20(23-16-21(3,4)15-22)25-12-6-7-17(2)14-25/h8-11,17H,5-7,12-16,22H2,1-4H3,(H,23,24). The van der Waals surface area contributed by atoms with E-state index in [2.05, 4.69) is 37.9 Å². The Labute approximate surface area is 159 Å². The van der Waals surface area contributed by atoms with Crippen LogP contribution in [0.1, 0.15) is 47.0 Å². The lowest BCUT2D eigenvalue weighted by molar-refractivity contribution is 0.261. The van der Waals surface area contributed by atoms with Gasteiger partial charge in [-0.25, -0.2) is 4.99 Å². The van der Waals surface area contributed by atoms with Gasteiger partial charge in [0.2, 0.25) is 0 Å². The SMILES string of the molecule is CCCOc1ccc(/N=C(/NCC(C)(C)CN)N2CCCC(C)C2)cc1. The molecule has 2 rings (SSSR count). The molecule has 5 nitrogen and oxygen atoms in total. The van der Waals surface area contributed by atoms with Crippen LogP contribution in [-0.4, -0.2) is 43.6 Å². The molecule has 1 atom stereocenters. The molecule has 3 N–H and O–H groups in total. The molecule has 0 spiro atoms. The molecule has 1 aromatic carbocycles. The lowest BCUT2D eigenvalue weighted by atomic mass is 9.94. The largest absolute Gasteiger partial charge is 0.494 e. The first-order chi connectivity index (χ1) is 12.4. The van der Waals surface area contributed by atoms with E-state index in [1.54, 1.807) is 0 Å². The Balaban J connectivity index is 2.14. The number of piperidine rings is 1. The van der Waals surface area contributed by atoms with Crippen molar-refractivity contribution in [2.75, 3.05) is 32.8 Å². The first-order valence-electron chi connectivity index (χ1n) is 9.94. The van der Waals surface area contributed by atoms with Gasteiger partial charge in [0.15, 0.2) is 5.96 Å². The fourth-order valence-corrected chi connectivity index (χ4v) is 2.95. The maximum atomic E-state index is 5.89. The molecule has 146 valence electrons. The molecular weight excluding hydrogens is 324 g/mol. The molecule has 5 heteroatoms. The van der Waals surface area contributed by atoms with Gasteiger partial charge in [-0.05, 0) is 61.4 Å². The number of benzene rings is 1. The van der Waals surface area contributed by atoms with Crippen LogP contribution >= 0.6 is 0 Å². The van der Waals surface area contributed by atoms with Crippen molar-refractivity contribution >= 4 is 11.6 Å². The Morgan fingerprint density at radius 3 is 2.69 bits per heavy atom. The van der Waals surface area contributed by atoms with Gasteiger partial charge in [-0.1, -0.05) is 27.7 Å². The normalized spacial score (nSPS) is 18.7. The van der Waals surface area contributed by atoms with Crippen LogP contribution in [-0.2, 0) is 0 Å². The average molecular weight is 361 g/mol. The first-order valence-corrected chi connectivity index (χ1v) is 9.94. The highest BCUT2D eigenvalue weighted by atomic mass is 16.5. The van der Waals surface area contributed by atoms with Crippen LogP contribution in [0.25, 0.3) is 0 Å². The molecule has 0 aliphatic carbocycles. The molecule has 0 amide bonds. The summed E-state index contributed by atoms with van der Waals surface area (Å²) in [6.07, 6.45) is 3.52. The van der Waals surface area contributed by atoms with Crippen LogP contribution < -0.4 is 15.8 Å². The zero-order valence-electron chi connectivity index (χ0n) is 16.9. The van der Waals surface area contributed by atoms with Gasteiger partial charge in [-0.3, -0.25) is 0 Å². The minimum absolute atomic E-state index is 0.0417. The van der Waals surface area contributed by atoms with Gasteiger partial charge in [0.25, 0.3) is 0 Å². The van der Waals surface area contributed by atoms with Crippen molar-refractivity contribution < 1.29 is 4.74 Å². The van der Waals surface area contributed by atoms with Gasteiger partial charge in [-0.2, -0.15) is 0 Å². The number of hydrogen-bond donors (Lipinski definition) is 2. The molecule has 1 aliphatic heterocycles. The lowest BCUT2D eigenvalue weighted by Crippen LogP contribution is -2.49. The summed E-state index contributed by atoms with van der Waals surface area (Å²) in [6, 6.07) is 8.03. The van der Waals surface area contributed by atoms with Gasteiger partial charge < -0.3 is 20.7 Å². The van der Waals surface area contributed by atoms with Gasteiger partial charge in [-0.15, -0.1) is 0 Å². The summed E-state index contributed by atoms with van der Waals surface area (Å²) in [5.41, 5.74) is 6.88. The molecule has 26 heavy (non-hydrogen) atoms. The Morgan fingerprint density at radius 1 is 1.35 bits per heavy atom. The van der Waals surface area contributed by atoms with Gasteiger partial charge in [0, 0.05) is 19.6 Å². The van der Waals surface area contributed by atoms with Crippen molar-refractivity contribution in [1.29, 1.82) is 0 Å². The number of aliphatic imine (C=N–C) groups is 1. The van der Waals surface area contributed by atoms with E-state index >= 15 is 0 Å². The minimum atomic E-state index is 0.0417. The number of guanidine groups is 1. The summed E-state index contributed by atoms with van der Waals surface area (Å²) in [5.74, 6) is 2.56. The third-order valence-corrected chi connectivity index (χ3v) is 4.78. The Hall–Kier alpha value is -1.75. The molecule has 0 radical (unpaired) electrons. The number of hydrogen-bond acceptors (Lipinski definition) is 3. The highest BCUT2D eigenvalue weighted by molar-refractivity contribution is 5.83. The second-order valence-corrected chi connectivity index (χ2v) is 8.19. The van der Waals surface area contributed by atoms with Crippen molar-refractivity contribution in [3.05, 3.63) is 24.3 Å². The molecule has 0 bridgehead atoms. The maximum Gasteiger partial charge on any atom is 0.199 e. The summed E-state index contributed by atoms with van der Waals surface area (Å²) >= 11 is 0. The number of likely N-dealkylation sites (tertiary alicyclic amines) is 1. The van der Waals surface area contributed by atoms with Crippen molar-refractivity contribution in [3.63, 3.8) is 0 Å². The summed E-state index contributed by atoms with van der Waals surface area (Å²) in [5, 5.41) is 3.56. The van der Waals surface area contributed by atoms with Crippen molar-refractivity contribution in [2.24, 2.45) is 22.1 Å². The van der Waals surface area contributed by atoms with E-state index in [0.29, 0.717) is 12.5 Å². The van der Waals surface area contributed by atoms with E-state index in [4.69, 9.17) is 15.5 Å². The van der Waals surface area contributed by atoms with E-state index in [9.17, 15) is 0 Å². The summed E-state index contributed by atoms with van der Waals surface area (Å²) in [6.45, 7) is 13.1. The van der Waals surface area contributed by atoms with Gasteiger partial charge >= 0.3 is 0 Å². The quantitative estimate of drug-likeness (QED) is 0.574. The highest BCUT2D eigenvalue weighted by Crippen LogP contribution is 2.21. The molecular formula is C21H36N4O. The van der Waals surface area contributed by atoms with Crippen LogP contribution in [0.5, 0.6) is 5.75 Å². The smallest absolute Gasteiger partial charge is 0.199 e. The minimum Gasteiger partial charge on any atom is -0.494 e. The average Bonchev–Trinajstić information content (AvgIpc) is 2.64. The van der Waals surface area contributed by atoms with E-state index in [1.807, 2.05) is 24.3 Å². The summed E-state index contributed by atoms with van der Waals surface area (Å²) < 4.78 is 5.66. The Kier molecular flexibility index (Phi) is 7.76. The third kappa shape index (κ3) is 6.52. The van der Waals surface area contributed by atoms with E-state index in [0.717, 1.165) is 50.1 Å². The third-order valence-electron chi connectivity index (χ3n) is 4.78. The van der Waals surface area contributed by atoms with Crippen LogP contribution in [0.2, 0.25) is 0 Å². The summed E-state index contributed by atoms with van der Waals surface area (Å²) in [7, 11) is 0. The molecule has 1 saturated heterocycles. The zero-order chi connectivity index (χ0) is 19.0. The van der Waals surface area contributed by atoms with Crippen molar-refractivity contribution in [3.8, 4) is 5.75 Å². The predicted octanol–water partition coefficient (Wildman–Crippen LogP) is 3.77. The fraction of sp³-hybridized carbons (Fsp3) is 0.667. The van der Waals surface area contributed by atoms with Crippen LogP contribution in [0.3, 0.4) is 0 Å². The van der Waals surface area contributed by atoms with E-state index in [1.165, 1.54) is 12.8 Å². The Morgan fingerprint density at radius 2 is 2.08 bits per heavy atom. The molecule has 1 unspecified atom stereocenters. The number of rotatable bonds is 7. The number of nitrogens with two attached hydrogens (primary N) is 1. The molecule has 0 aromatic heterocycles. The Bertz CT molecular complexity index is 568. The maximum absolute atomic E-state index is 5.89. The fourth-order valence-electron chi connectivity index (χ4n) is 2.95. The van der Waals surface area contributed by atoms with Gasteiger partial charge in [0.05, 0.1) is 12.3 Å². The van der Waals surface area contributed by atoms with Crippen molar-refractivity contribution in [1.82, 2.24) is 10.2 Å². The second-order valence-electron chi connectivity index (χ2n) is 8.19. The number of nitrogens with zero attached hydrogens (tertiary/aromatic N) is 2. The molecule has 1 heterocycles. The second kappa shape index (κ2) is 9.81. The van der Waals surface area contributed by atoms with E-state index in [-0.39, 0.29) is 5.41 Å². The molecule has 1 fully saturated rings. The van der Waals surface area contributed by atoms with Crippen molar-refractivity contribution in [2.45, 2.75) is 47.0 Å². The monoisotopic (exact) mass is 360 g/mol. The van der Waals surface area contributed by atoms with E-state index < -0.39 is 0 Å². The van der Waals surface area contributed by atoms with Crippen LogP contribution in [0.15, 0.2) is 29.3 Å². The topological polar surface area (TPSA) is 62.9 Å². The summed E-state index contributed by atoms with van der Waals surface area (Å²) in [4.78, 5) is 7.29. The van der Waals surface area contributed by atoms with Crippen LogP contribution in [0.4, 0.5) is 5.69 Å². The predicted molar refractivity (Wildman–Crippen MR) is 110 cm³/mol. The van der Waals surface area contributed by atoms with Gasteiger partial charge in [0.1, 0.15) is 5.75 Å². The zero-order valence-corrected chi connectivity index (χ0v) is 16.9. The number of nitrogens with one attached hydrogen (secondary N) is 1. The van der Waals surface area contributed by atoms with Crippen LogP contribution in [0, 0.1) is 11.3 Å².